The van der Waals surface area contributed by atoms with Crippen LogP contribution in [0.25, 0.3) is 11.3 Å². The molecule has 0 radical (unpaired) electrons. The van der Waals surface area contributed by atoms with Gasteiger partial charge in [0.05, 0.1) is 12.3 Å². The van der Waals surface area contributed by atoms with Gasteiger partial charge in [0.15, 0.2) is 0 Å². The van der Waals surface area contributed by atoms with Crippen LogP contribution in [0.4, 0.5) is 0 Å². The summed E-state index contributed by atoms with van der Waals surface area (Å²) in [6.07, 6.45) is 0. The summed E-state index contributed by atoms with van der Waals surface area (Å²) in [6.45, 7) is 3.10. The molecule has 0 N–H and O–H groups in total. The lowest BCUT2D eigenvalue weighted by Crippen LogP contribution is -2.16. The first-order valence-electron chi connectivity index (χ1n) is 6.52. The lowest BCUT2D eigenvalue weighted by Gasteiger charge is -2.12. The molecule has 0 bridgehead atoms. The Balaban J connectivity index is 2.30. The molecule has 0 fully saturated rings. The molecule has 0 aliphatic carbocycles. The summed E-state index contributed by atoms with van der Waals surface area (Å²) in [6, 6.07) is 11.1. The Morgan fingerprint density at radius 1 is 1.15 bits per heavy atom. The van der Waals surface area contributed by atoms with Crippen molar-refractivity contribution in [1.82, 2.24) is 4.57 Å². The van der Waals surface area contributed by atoms with Gasteiger partial charge >= 0.3 is 0 Å². The number of benzene rings is 1. The number of methoxy groups -OCH3 is 1. The zero-order valence-electron chi connectivity index (χ0n) is 12.1. The molecule has 0 spiro atoms. The van der Waals surface area contributed by atoms with E-state index in [9.17, 15) is 4.79 Å². The Labute approximate surface area is 118 Å². The summed E-state index contributed by atoms with van der Waals surface area (Å²) < 4.78 is 12.2. The molecule has 4 heteroatoms. The topological polar surface area (TPSA) is 40.5 Å². The summed E-state index contributed by atoms with van der Waals surface area (Å²) in [5.41, 5.74) is 2.99. The molecule has 0 unspecified atom stereocenters. The normalized spacial score (nSPS) is 10.6. The van der Waals surface area contributed by atoms with Crippen LogP contribution in [-0.2, 0) is 11.8 Å². The molecule has 2 aromatic rings. The molecule has 4 nitrogen and oxygen atoms in total. The van der Waals surface area contributed by atoms with E-state index >= 15 is 0 Å². The van der Waals surface area contributed by atoms with Crippen molar-refractivity contribution in [1.29, 1.82) is 0 Å². The standard InChI is InChI=1S/C16H19NO3/c1-12-11-13(20-10-9-19-3)7-8-14(12)15-5-4-6-16(18)17(15)2/h4-8,11H,9-10H2,1-3H3. The largest absolute Gasteiger partial charge is 0.491 e. The molecule has 20 heavy (non-hydrogen) atoms. The first kappa shape index (κ1) is 14.3. The zero-order chi connectivity index (χ0) is 14.5. The molecule has 2 rings (SSSR count). The molecular formula is C16H19NO3. The minimum atomic E-state index is -0.0117. The van der Waals surface area contributed by atoms with Crippen molar-refractivity contribution < 1.29 is 9.47 Å². The number of pyridine rings is 1. The Morgan fingerprint density at radius 3 is 2.65 bits per heavy atom. The van der Waals surface area contributed by atoms with Gasteiger partial charge in [-0.2, -0.15) is 0 Å². The maximum absolute atomic E-state index is 11.7. The van der Waals surface area contributed by atoms with E-state index in [4.69, 9.17) is 9.47 Å². The highest BCUT2D eigenvalue weighted by molar-refractivity contribution is 5.65. The van der Waals surface area contributed by atoms with Crippen molar-refractivity contribution in [3.63, 3.8) is 0 Å². The first-order valence-corrected chi connectivity index (χ1v) is 6.52. The quantitative estimate of drug-likeness (QED) is 0.785. The Bertz CT molecular complexity index is 646. The average Bonchev–Trinajstić information content (AvgIpc) is 2.43. The van der Waals surface area contributed by atoms with Crippen LogP contribution in [0.1, 0.15) is 5.56 Å². The molecular weight excluding hydrogens is 254 g/mol. The molecule has 0 aliphatic rings. The van der Waals surface area contributed by atoms with E-state index in [2.05, 4.69) is 0 Å². The second-order valence-electron chi connectivity index (χ2n) is 4.63. The van der Waals surface area contributed by atoms with Crippen molar-refractivity contribution in [3.8, 4) is 17.0 Å². The minimum absolute atomic E-state index is 0.0117. The van der Waals surface area contributed by atoms with E-state index in [0.29, 0.717) is 13.2 Å². The minimum Gasteiger partial charge on any atom is -0.491 e. The van der Waals surface area contributed by atoms with Crippen molar-refractivity contribution in [2.75, 3.05) is 20.3 Å². The average molecular weight is 273 g/mol. The van der Waals surface area contributed by atoms with E-state index in [-0.39, 0.29) is 5.56 Å². The van der Waals surface area contributed by atoms with Gasteiger partial charge in [0.1, 0.15) is 12.4 Å². The number of aryl methyl sites for hydroxylation is 1. The molecule has 1 aromatic carbocycles. The smallest absolute Gasteiger partial charge is 0.250 e. The first-order chi connectivity index (χ1) is 9.63. The number of nitrogens with zero attached hydrogens (tertiary/aromatic N) is 1. The van der Waals surface area contributed by atoms with Gasteiger partial charge in [0.2, 0.25) is 0 Å². The predicted molar refractivity (Wildman–Crippen MR) is 79.2 cm³/mol. The predicted octanol–water partition coefficient (Wildman–Crippen LogP) is 2.39. The second kappa shape index (κ2) is 6.39. The van der Waals surface area contributed by atoms with E-state index < -0.39 is 0 Å². The maximum atomic E-state index is 11.7. The van der Waals surface area contributed by atoms with Gasteiger partial charge in [-0.05, 0) is 36.8 Å². The monoisotopic (exact) mass is 273 g/mol. The Morgan fingerprint density at radius 2 is 1.95 bits per heavy atom. The fraction of sp³-hybridized carbons (Fsp3) is 0.312. The van der Waals surface area contributed by atoms with Gasteiger partial charge in [-0.25, -0.2) is 0 Å². The summed E-state index contributed by atoms with van der Waals surface area (Å²) in [4.78, 5) is 11.7. The molecule has 0 atom stereocenters. The molecule has 0 saturated carbocycles. The van der Waals surface area contributed by atoms with Crippen molar-refractivity contribution in [2.45, 2.75) is 6.92 Å². The lowest BCUT2D eigenvalue weighted by molar-refractivity contribution is 0.146. The molecule has 1 heterocycles. The van der Waals surface area contributed by atoms with E-state index in [1.807, 2.05) is 31.2 Å². The van der Waals surface area contributed by atoms with Crippen LogP contribution < -0.4 is 10.3 Å². The number of hydrogen-bond acceptors (Lipinski definition) is 3. The van der Waals surface area contributed by atoms with Gasteiger partial charge < -0.3 is 14.0 Å². The van der Waals surface area contributed by atoms with E-state index in [1.54, 1.807) is 30.9 Å². The third kappa shape index (κ3) is 3.08. The molecule has 106 valence electrons. The zero-order valence-corrected chi connectivity index (χ0v) is 12.1. The van der Waals surface area contributed by atoms with Crippen LogP contribution in [0.15, 0.2) is 41.2 Å². The molecule has 0 saturated heterocycles. The van der Waals surface area contributed by atoms with Gasteiger partial charge in [0, 0.05) is 25.8 Å². The third-order valence-electron chi connectivity index (χ3n) is 3.21. The van der Waals surface area contributed by atoms with Gasteiger partial charge in [-0.1, -0.05) is 6.07 Å². The van der Waals surface area contributed by atoms with Crippen molar-refractivity contribution in [2.24, 2.45) is 7.05 Å². The SMILES string of the molecule is COCCOc1ccc(-c2cccc(=O)n2C)c(C)c1. The van der Waals surface area contributed by atoms with Crippen molar-refractivity contribution in [3.05, 3.63) is 52.3 Å². The fourth-order valence-electron chi connectivity index (χ4n) is 2.09. The van der Waals surface area contributed by atoms with Crippen molar-refractivity contribution >= 4 is 0 Å². The van der Waals surface area contributed by atoms with Crippen LogP contribution in [0.3, 0.4) is 0 Å². The van der Waals surface area contributed by atoms with Crippen LogP contribution >= 0.6 is 0 Å². The molecule has 0 amide bonds. The second-order valence-corrected chi connectivity index (χ2v) is 4.63. The van der Waals surface area contributed by atoms with Crippen LogP contribution in [-0.4, -0.2) is 24.9 Å². The summed E-state index contributed by atoms with van der Waals surface area (Å²) in [5.74, 6) is 0.809. The number of rotatable bonds is 5. The fourth-order valence-corrected chi connectivity index (χ4v) is 2.09. The molecule has 0 aliphatic heterocycles. The van der Waals surface area contributed by atoms with E-state index in [1.165, 1.54) is 0 Å². The highest BCUT2D eigenvalue weighted by Crippen LogP contribution is 2.25. The number of aromatic nitrogens is 1. The highest BCUT2D eigenvalue weighted by atomic mass is 16.5. The van der Waals surface area contributed by atoms with Gasteiger partial charge in [-0.3, -0.25) is 4.79 Å². The van der Waals surface area contributed by atoms with E-state index in [0.717, 1.165) is 22.6 Å². The Kier molecular flexibility index (Phi) is 4.58. The summed E-state index contributed by atoms with van der Waals surface area (Å²) in [5, 5.41) is 0. The maximum Gasteiger partial charge on any atom is 0.250 e. The molecule has 1 aromatic heterocycles. The third-order valence-corrected chi connectivity index (χ3v) is 3.21. The Hall–Kier alpha value is -2.07. The van der Waals surface area contributed by atoms with Crippen LogP contribution in [0.2, 0.25) is 0 Å². The number of ether oxygens (including phenoxy) is 2. The van der Waals surface area contributed by atoms with Gasteiger partial charge in [0.25, 0.3) is 5.56 Å². The lowest BCUT2D eigenvalue weighted by atomic mass is 10.0. The highest BCUT2D eigenvalue weighted by Gasteiger charge is 2.07. The van der Waals surface area contributed by atoms with Crippen LogP contribution in [0, 0.1) is 6.92 Å². The van der Waals surface area contributed by atoms with Gasteiger partial charge in [-0.15, -0.1) is 0 Å². The number of hydrogen-bond donors (Lipinski definition) is 0. The van der Waals surface area contributed by atoms with Crippen LogP contribution in [0.5, 0.6) is 5.75 Å². The summed E-state index contributed by atoms with van der Waals surface area (Å²) in [7, 11) is 3.42. The summed E-state index contributed by atoms with van der Waals surface area (Å²) >= 11 is 0.